The number of imidazole rings is 1. The van der Waals surface area contributed by atoms with E-state index in [2.05, 4.69) is 29.4 Å². The van der Waals surface area contributed by atoms with Gasteiger partial charge in [0.1, 0.15) is 5.82 Å². The minimum Gasteiger partial charge on any atom is -0.378 e. The van der Waals surface area contributed by atoms with Crippen LogP contribution in [0.1, 0.15) is 43.9 Å². The second-order valence-corrected chi connectivity index (χ2v) is 11.6. The van der Waals surface area contributed by atoms with Gasteiger partial charge in [-0.05, 0) is 61.4 Å². The Morgan fingerprint density at radius 1 is 1.15 bits per heavy atom. The number of carbonyl (C=O) groups excluding carboxylic acids is 1. The molecular formula is C29H33F4N5O2. The molecule has 1 N–H and O–H groups in total. The monoisotopic (exact) mass is 559 g/mol. The second-order valence-electron chi connectivity index (χ2n) is 11.6. The number of fused-ring (bicyclic) bond motifs is 1. The van der Waals surface area contributed by atoms with Crippen LogP contribution in [0.15, 0.2) is 30.6 Å². The number of anilines is 2. The molecule has 4 heterocycles. The van der Waals surface area contributed by atoms with Crippen molar-refractivity contribution in [2.45, 2.75) is 51.1 Å². The first-order valence-corrected chi connectivity index (χ1v) is 13.8. The highest BCUT2D eigenvalue weighted by Crippen LogP contribution is 2.47. The zero-order valence-corrected chi connectivity index (χ0v) is 22.7. The van der Waals surface area contributed by atoms with Gasteiger partial charge in [-0.3, -0.25) is 0 Å². The van der Waals surface area contributed by atoms with Crippen molar-refractivity contribution in [3.05, 3.63) is 47.7 Å². The number of pyridine rings is 1. The summed E-state index contributed by atoms with van der Waals surface area (Å²) in [5.74, 6) is -1.24. The third-order valence-corrected chi connectivity index (χ3v) is 8.46. The van der Waals surface area contributed by atoms with Gasteiger partial charge in [0.2, 0.25) is 0 Å². The fourth-order valence-corrected chi connectivity index (χ4v) is 5.78. The number of halogens is 4. The number of hydrogen-bond acceptors (Lipinski definition) is 4. The number of alkyl halides is 3. The second kappa shape index (κ2) is 9.94. The van der Waals surface area contributed by atoms with Crippen molar-refractivity contribution in [1.29, 1.82) is 0 Å². The molecule has 2 aliphatic heterocycles. The Balaban J connectivity index is 1.32. The van der Waals surface area contributed by atoms with Crippen molar-refractivity contribution in [3.63, 3.8) is 0 Å². The van der Waals surface area contributed by atoms with Gasteiger partial charge in [-0.15, -0.1) is 0 Å². The number of morpholine rings is 1. The average molecular weight is 560 g/mol. The molecule has 2 saturated heterocycles. The lowest BCUT2D eigenvalue weighted by Gasteiger charge is -2.29. The number of aromatic nitrogens is 2. The van der Waals surface area contributed by atoms with Gasteiger partial charge >= 0.3 is 12.2 Å². The largest absolute Gasteiger partial charge is 0.389 e. The number of carbonyl (C=O) groups is 1. The predicted molar refractivity (Wildman–Crippen MR) is 144 cm³/mol. The van der Waals surface area contributed by atoms with Crippen LogP contribution in [-0.4, -0.2) is 65.9 Å². The van der Waals surface area contributed by atoms with Gasteiger partial charge in [0, 0.05) is 56.0 Å². The molecule has 1 aromatic carbocycles. The van der Waals surface area contributed by atoms with Crippen LogP contribution in [0.5, 0.6) is 0 Å². The maximum atomic E-state index is 15.0. The van der Waals surface area contributed by atoms with Gasteiger partial charge in [-0.1, -0.05) is 6.92 Å². The van der Waals surface area contributed by atoms with Crippen molar-refractivity contribution >= 4 is 23.1 Å². The first-order valence-electron chi connectivity index (χ1n) is 13.8. The van der Waals surface area contributed by atoms with Crippen LogP contribution >= 0.6 is 0 Å². The van der Waals surface area contributed by atoms with Gasteiger partial charge in [0.05, 0.1) is 30.3 Å². The van der Waals surface area contributed by atoms with E-state index in [1.165, 1.54) is 11.0 Å². The molecule has 1 atom stereocenters. The highest BCUT2D eigenvalue weighted by molar-refractivity contribution is 5.91. The molecule has 0 radical (unpaired) electrons. The maximum Gasteiger partial charge on any atom is 0.389 e. The fourth-order valence-electron chi connectivity index (χ4n) is 5.78. The Bertz CT molecular complexity index is 1440. The van der Waals surface area contributed by atoms with E-state index < -0.39 is 30.4 Å². The first-order chi connectivity index (χ1) is 19.0. The zero-order chi connectivity index (χ0) is 28.2. The Hall–Kier alpha value is -3.34. The van der Waals surface area contributed by atoms with Crippen molar-refractivity contribution in [1.82, 2.24) is 14.3 Å². The van der Waals surface area contributed by atoms with Crippen LogP contribution in [0.2, 0.25) is 0 Å². The number of hydrogen-bond donors (Lipinski definition) is 1. The highest BCUT2D eigenvalue weighted by atomic mass is 19.4. The van der Waals surface area contributed by atoms with E-state index >= 15 is 4.39 Å². The van der Waals surface area contributed by atoms with E-state index in [-0.39, 0.29) is 30.6 Å². The van der Waals surface area contributed by atoms with Gasteiger partial charge < -0.3 is 24.3 Å². The standard InChI is InChI=1S/C29H33F4N5O2/c1-18-11-22(30)23(34-27(39)37-6-3-19(15-37)14-29(31,32)33)13-21(18)20-12-24(36-7-9-40-10-8-36)26-35-25(17-38(26)16-20)28(2)4-5-28/h11-13,16-17,19H,3-10,14-15H2,1-2H3,(H,34,39)/t19-/m0/s1. The fraction of sp³-hybridized carbons (Fsp3) is 0.517. The molecule has 2 amide bonds. The van der Waals surface area contributed by atoms with E-state index in [0.29, 0.717) is 18.8 Å². The minimum atomic E-state index is -4.28. The molecule has 2 aromatic heterocycles. The lowest BCUT2D eigenvalue weighted by molar-refractivity contribution is -0.143. The van der Waals surface area contributed by atoms with Crippen LogP contribution in [-0.2, 0) is 10.2 Å². The summed E-state index contributed by atoms with van der Waals surface area (Å²) in [5, 5.41) is 2.60. The molecule has 1 aliphatic carbocycles. The number of rotatable bonds is 5. The summed E-state index contributed by atoms with van der Waals surface area (Å²) in [7, 11) is 0. The van der Waals surface area contributed by atoms with Gasteiger partial charge in [-0.2, -0.15) is 13.2 Å². The molecule has 0 spiro atoms. The SMILES string of the molecule is Cc1cc(F)c(NC(=O)N2CC[C@@H](CC(F)(F)F)C2)cc1-c1cc(N2CCOCC2)c2nc(C3(C)CC3)cn2c1. The number of aryl methyl sites for hydroxylation is 1. The van der Waals surface area contributed by atoms with Crippen molar-refractivity contribution < 1.29 is 27.1 Å². The summed E-state index contributed by atoms with van der Waals surface area (Å²) in [6.45, 7) is 6.92. The molecule has 3 aromatic rings. The molecular weight excluding hydrogens is 526 g/mol. The minimum absolute atomic E-state index is 0.00491. The first kappa shape index (κ1) is 26.9. The summed E-state index contributed by atoms with van der Waals surface area (Å²) < 4.78 is 61.0. The Labute approximate surface area is 230 Å². The van der Waals surface area contributed by atoms with Gasteiger partial charge in [-0.25, -0.2) is 14.2 Å². The Kier molecular flexibility index (Phi) is 6.67. The molecule has 3 fully saturated rings. The van der Waals surface area contributed by atoms with E-state index in [1.54, 1.807) is 6.07 Å². The Morgan fingerprint density at radius 3 is 2.60 bits per heavy atom. The molecule has 1 saturated carbocycles. The van der Waals surface area contributed by atoms with Crippen LogP contribution < -0.4 is 10.2 Å². The highest BCUT2D eigenvalue weighted by Gasteiger charge is 2.41. The average Bonchev–Trinajstić information content (AvgIpc) is 3.28. The number of benzene rings is 1. The Morgan fingerprint density at radius 2 is 1.90 bits per heavy atom. The molecule has 40 heavy (non-hydrogen) atoms. The predicted octanol–water partition coefficient (Wildman–Crippen LogP) is 6.14. The van der Waals surface area contributed by atoms with Crippen LogP contribution in [0.4, 0.5) is 33.7 Å². The van der Waals surface area contributed by atoms with E-state index in [9.17, 15) is 18.0 Å². The molecule has 7 nitrogen and oxygen atoms in total. The van der Waals surface area contributed by atoms with Gasteiger partial charge in [0.25, 0.3) is 0 Å². The molecule has 0 bridgehead atoms. The smallest absolute Gasteiger partial charge is 0.378 e. The molecule has 214 valence electrons. The third kappa shape index (κ3) is 5.35. The lowest BCUT2D eigenvalue weighted by Crippen LogP contribution is -2.36. The number of urea groups is 1. The maximum absolute atomic E-state index is 15.0. The van der Waals surface area contributed by atoms with Crippen molar-refractivity contribution in [2.75, 3.05) is 49.6 Å². The van der Waals surface area contributed by atoms with E-state index in [0.717, 1.165) is 54.1 Å². The number of nitrogens with one attached hydrogen (secondary N) is 1. The summed E-state index contributed by atoms with van der Waals surface area (Å²) in [4.78, 5) is 21.5. The molecule has 11 heteroatoms. The van der Waals surface area contributed by atoms with Crippen LogP contribution in [0, 0.1) is 18.7 Å². The quantitative estimate of drug-likeness (QED) is 0.382. The number of likely N-dealkylation sites (tertiary alicyclic amines) is 1. The number of ether oxygens (including phenoxy) is 1. The van der Waals surface area contributed by atoms with Gasteiger partial charge in [0.15, 0.2) is 5.65 Å². The summed E-state index contributed by atoms with van der Waals surface area (Å²) in [6, 6.07) is 4.45. The van der Waals surface area contributed by atoms with Crippen molar-refractivity contribution in [3.8, 4) is 11.1 Å². The number of nitrogens with zero attached hydrogens (tertiary/aromatic N) is 4. The normalized spacial score (nSPS) is 20.8. The van der Waals surface area contributed by atoms with E-state index in [4.69, 9.17) is 9.72 Å². The molecule has 6 rings (SSSR count). The summed E-state index contributed by atoms with van der Waals surface area (Å²) >= 11 is 0. The topological polar surface area (TPSA) is 62.1 Å². The summed E-state index contributed by atoms with van der Waals surface area (Å²) in [5.41, 5.74) is 5.26. The summed E-state index contributed by atoms with van der Waals surface area (Å²) in [6.07, 6.45) is 1.32. The number of amides is 2. The molecule has 0 unspecified atom stereocenters. The van der Waals surface area contributed by atoms with Crippen molar-refractivity contribution in [2.24, 2.45) is 5.92 Å². The van der Waals surface area contributed by atoms with Crippen LogP contribution in [0.3, 0.4) is 0 Å². The van der Waals surface area contributed by atoms with Crippen LogP contribution in [0.25, 0.3) is 16.8 Å². The molecule has 3 aliphatic rings. The zero-order valence-electron chi connectivity index (χ0n) is 22.7. The third-order valence-electron chi connectivity index (χ3n) is 8.46. The lowest BCUT2D eigenvalue weighted by atomic mass is 10.00. The van der Waals surface area contributed by atoms with E-state index in [1.807, 2.05) is 17.5 Å².